The van der Waals surface area contributed by atoms with Gasteiger partial charge in [-0.2, -0.15) is 0 Å². The topological polar surface area (TPSA) is 71.7 Å². The maximum absolute atomic E-state index is 11.4. The van der Waals surface area contributed by atoms with E-state index in [1.54, 1.807) is 18.4 Å². The van der Waals surface area contributed by atoms with Crippen LogP contribution in [0.5, 0.6) is 0 Å². The van der Waals surface area contributed by atoms with Crippen molar-refractivity contribution in [3.8, 4) is 11.1 Å². The van der Waals surface area contributed by atoms with E-state index in [1.165, 1.54) is 22.3 Å². The van der Waals surface area contributed by atoms with Gasteiger partial charge in [-0.15, -0.1) is 0 Å². The summed E-state index contributed by atoms with van der Waals surface area (Å²) in [5.41, 5.74) is 5.00. The van der Waals surface area contributed by atoms with Crippen LogP contribution < -0.4 is 5.32 Å². The van der Waals surface area contributed by atoms with Gasteiger partial charge in [-0.3, -0.25) is 10.1 Å². The highest BCUT2D eigenvalue weighted by molar-refractivity contribution is 5.78. The number of hydrogen-bond acceptors (Lipinski definition) is 4. The Morgan fingerprint density at radius 3 is 2.30 bits per heavy atom. The predicted molar refractivity (Wildman–Crippen MR) is 102 cm³/mol. The molecule has 1 heterocycles. The second-order valence-electron chi connectivity index (χ2n) is 6.62. The summed E-state index contributed by atoms with van der Waals surface area (Å²) in [4.78, 5) is 11.4. The van der Waals surface area contributed by atoms with Crippen LogP contribution in [0.25, 0.3) is 11.1 Å². The summed E-state index contributed by atoms with van der Waals surface area (Å²) in [5.74, 6) is -0.132. The van der Waals surface area contributed by atoms with Gasteiger partial charge in [0.15, 0.2) is 0 Å². The summed E-state index contributed by atoms with van der Waals surface area (Å²) in [6.45, 7) is 0.659. The average Bonchev–Trinajstić information content (AvgIpc) is 3.30. The van der Waals surface area contributed by atoms with Crippen molar-refractivity contribution in [2.24, 2.45) is 0 Å². The average molecular weight is 363 g/mol. The molecule has 4 rings (SSSR count). The van der Waals surface area contributed by atoms with E-state index in [1.807, 2.05) is 24.3 Å². The van der Waals surface area contributed by atoms with E-state index in [0.29, 0.717) is 12.4 Å². The number of furan rings is 1. The van der Waals surface area contributed by atoms with Crippen LogP contribution in [-0.4, -0.2) is 30.5 Å². The number of carbonyl (C=O) groups is 1. The van der Waals surface area contributed by atoms with Gasteiger partial charge in [0.1, 0.15) is 11.8 Å². The summed E-state index contributed by atoms with van der Waals surface area (Å²) in [6.07, 6.45) is 1.82. The summed E-state index contributed by atoms with van der Waals surface area (Å²) in [5, 5.41) is 12.3. The number of ether oxygens (including phenoxy) is 1. The van der Waals surface area contributed by atoms with Gasteiger partial charge in [-0.1, -0.05) is 48.5 Å². The molecule has 0 saturated carbocycles. The Morgan fingerprint density at radius 1 is 1.04 bits per heavy atom. The van der Waals surface area contributed by atoms with Crippen molar-refractivity contribution in [2.45, 2.75) is 18.4 Å². The van der Waals surface area contributed by atoms with E-state index in [0.717, 1.165) is 0 Å². The van der Waals surface area contributed by atoms with Crippen LogP contribution in [0.1, 0.15) is 22.8 Å². The lowest BCUT2D eigenvalue weighted by molar-refractivity contribution is -0.140. The Morgan fingerprint density at radius 2 is 1.70 bits per heavy atom. The van der Waals surface area contributed by atoms with Crippen molar-refractivity contribution in [2.75, 3.05) is 13.3 Å². The largest absolute Gasteiger partial charge is 0.480 e. The van der Waals surface area contributed by atoms with Gasteiger partial charge in [0.25, 0.3) is 0 Å². The van der Waals surface area contributed by atoms with E-state index in [9.17, 15) is 9.90 Å². The number of benzene rings is 2. The Hall–Kier alpha value is -2.89. The fourth-order valence-electron chi connectivity index (χ4n) is 3.65. The van der Waals surface area contributed by atoms with Gasteiger partial charge in [0.05, 0.1) is 19.6 Å². The first kappa shape index (κ1) is 17.5. The first-order chi connectivity index (χ1) is 13.2. The lowest BCUT2D eigenvalue weighted by atomic mass is 9.98. The zero-order chi connectivity index (χ0) is 18.6. The number of fused-ring (bicyclic) bond motifs is 3. The van der Waals surface area contributed by atoms with Crippen molar-refractivity contribution < 1.29 is 19.1 Å². The number of hydrogen-bond donors (Lipinski definition) is 2. The number of aliphatic carboxylic acids is 1. The third-order valence-corrected chi connectivity index (χ3v) is 4.96. The predicted octanol–water partition coefficient (Wildman–Crippen LogP) is 3.65. The van der Waals surface area contributed by atoms with Gasteiger partial charge in [-0.05, 0) is 34.4 Å². The highest BCUT2D eigenvalue weighted by Crippen LogP contribution is 2.44. The second kappa shape index (κ2) is 7.78. The second-order valence-corrected chi connectivity index (χ2v) is 6.62. The van der Waals surface area contributed by atoms with Crippen LogP contribution in [0.2, 0.25) is 0 Å². The molecule has 1 aromatic heterocycles. The van der Waals surface area contributed by atoms with E-state index in [4.69, 9.17) is 9.15 Å². The molecule has 1 atom stereocenters. The monoisotopic (exact) mass is 363 g/mol. The Kier molecular flexibility index (Phi) is 5.05. The molecule has 138 valence electrons. The molecule has 0 amide bonds. The van der Waals surface area contributed by atoms with Crippen LogP contribution in [0, 0.1) is 0 Å². The molecule has 27 heavy (non-hydrogen) atoms. The van der Waals surface area contributed by atoms with Gasteiger partial charge in [0.2, 0.25) is 0 Å². The molecule has 5 nitrogen and oxygen atoms in total. The quantitative estimate of drug-likeness (QED) is 0.472. The maximum atomic E-state index is 11.4. The molecule has 0 aliphatic heterocycles. The molecule has 1 aliphatic rings. The van der Waals surface area contributed by atoms with E-state index >= 15 is 0 Å². The summed E-state index contributed by atoms with van der Waals surface area (Å²) < 4.78 is 11.1. The number of nitrogens with one attached hydrogen (secondary N) is 1. The number of carboxylic acid groups (broad SMARTS) is 1. The first-order valence-corrected chi connectivity index (χ1v) is 8.98. The molecule has 0 unspecified atom stereocenters. The van der Waals surface area contributed by atoms with Crippen molar-refractivity contribution in [1.82, 2.24) is 5.32 Å². The molecule has 2 aromatic carbocycles. The van der Waals surface area contributed by atoms with Gasteiger partial charge >= 0.3 is 5.97 Å². The highest BCUT2D eigenvalue weighted by atomic mass is 16.5. The molecule has 0 spiro atoms. The van der Waals surface area contributed by atoms with Gasteiger partial charge in [-0.25, -0.2) is 0 Å². The Labute approximate surface area is 157 Å². The minimum absolute atomic E-state index is 0.160. The van der Waals surface area contributed by atoms with Gasteiger partial charge in [0, 0.05) is 12.3 Å². The normalized spacial score (nSPS) is 13.9. The Balaban J connectivity index is 1.38. The standard InChI is InChI=1S/C22H21NO4/c24-22(25)21(12-15-6-5-11-27-15)23-14-26-13-20-18-9-3-1-7-16(18)17-8-2-4-10-19(17)20/h1-11,20-21,23H,12-14H2,(H,24,25)/t21-/m0/s1. The Bertz CT molecular complexity index is 874. The van der Waals surface area contributed by atoms with Gasteiger partial charge < -0.3 is 14.3 Å². The first-order valence-electron chi connectivity index (χ1n) is 8.98. The number of rotatable bonds is 8. The molecule has 1 aliphatic carbocycles. The number of carboxylic acids is 1. The fourth-order valence-corrected chi connectivity index (χ4v) is 3.65. The summed E-state index contributed by atoms with van der Waals surface area (Å²) in [6, 6.07) is 19.5. The van der Waals surface area contributed by atoms with E-state index in [2.05, 4.69) is 29.6 Å². The minimum Gasteiger partial charge on any atom is -0.480 e. The SMILES string of the molecule is O=C(O)[C@H](Cc1ccco1)NCOCC1c2ccccc2-c2ccccc21. The van der Waals surface area contributed by atoms with Crippen molar-refractivity contribution in [3.63, 3.8) is 0 Å². The van der Waals surface area contributed by atoms with Crippen LogP contribution in [-0.2, 0) is 16.0 Å². The minimum atomic E-state index is -0.924. The van der Waals surface area contributed by atoms with Crippen molar-refractivity contribution in [1.29, 1.82) is 0 Å². The van der Waals surface area contributed by atoms with Crippen LogP contribution >= 0.6 is 0 Å². The third-order valence-electron chi connectivity index (χ3n) is 4.96. The maximum Gasteiger partial charge on any atom is 0.321 e. The van der Waals surface area contributed by atoms with Crippen molar-refractivity contribution >= 4 is 5.97 Å². The smallest absolute Gasteiger partial charge is 0.321 e. The molecular weight excluding hydrogens is 342 g/mol. The zero-order valence-electron chi connectivity index (χ0n) is 14.8. The molecule has 2 N–H and O–H groups in total. The lowest BCUT2D eigenvalue weighted by Crippen LogP contribution is -2.40. The molecule has 0 saturated heterocycles. The summed E-state index contributed by atoms with van der Waals surface area (Å²) >= 11 is 0. The van der Waals surface area contributed by atoms with Crippen LogP contribution in [0.4, 0.5) is 0 Å². The van der Waals surface area contributed by atoms with E-state index in [-0.39, 0.29) is 19.1 Å². The molecule has 5 heteroatoms. The van der Waals surface area contributed by atoms with Crippen LogP contribution in [0.3, 0.4) is 0 Å². The van der Waals surface area contributed by atoms with Crippen molar-refractivity contribution in [3.05, 3.63) is 83.8 Å². The highest BCUT2D eigenvalue weighted by Gasteiger charge is 2.28. The van der Waals surface area contributed by atoms with Crippen LogP contribution in [0.15, 0.2) is 71.3 Å². The molecular formula is C22H21NO4. The molecule has 0 fully saturated rings. The fraction of sp³-hybridized carbons (Fsp3) is 0.227. The van der Waals surface area contributed by atoms with E-state index < -0.39 is 12.0 Å². The third kappa shape index (κ3) is 3.65. The molecule has 0 bridgehead atoms. The molecule has 3 aromatic rings. The zero-order valence-corrected chi connectivity index (χ0v) is 14.8. The lowest BCUT2D eigenvalue weighted by Gasteiger charge is -2.17. The summed E-state index contributed by atoms with van der Waals surface area (Å²) in [7, 11) is 0. The molecule has 0 radical (unpaired) electrons.